The molecular formula is C20H20O6. The fraction of sp³-hybridized carbons (Fsp3) is 0.150. The Morgan fingerprint density at radius 2 is 1.35 bits per heavy atom. The van der Waals surface area contributed by atoms with Gasteiger partial charge in [0.2, 0.25) is 6.79 Å². The highest BCUT2D eigenvalue weighted by atomic mass is 16.7. The first-order valence-electron chi connectivity index (χ1n) is 7.78. The summed E-state index contributed by atoms with van der Waals surface area (Å²) in [6, 6.07) is 15.0. The van der Waals surface area contributed by atoms with Crippen molar-refractivity contribution in [1.29, 1.82) is 0 Å². The summed E-state index contributed by atoms with van der Waals surface area (Å²) >= 11 is 0. The van der Waals surface area contributed by atoms with Crippen molar-refractivity contribution >= 4 is 5.97 Å². The molecule has 0 saturated heterocycles. The van der Waals surface area contributed by atoms with Crippen LogP contribution in [0.5, 0.6) is 11.5 Å². The highest BCUT2D eigenvalue weighted by molar-refractivity contribution is 5.81. The molecule has 0 saturated carbocycles. The molecule has 0 aromatic heterocycles. The molecule has 0 unspecified atom stereocenters. The van der Waals surface area contributed by atoms with Crippen LogP contribution in [0.15, 0.2) is 74.0 Å². The molecule has 0 amide bonds. The fourth-order valence-electron chi connectivity index (χ4n) is 1.94. The predicted molar refractivity (Wildman–Crippen MR) is 96.4 cm³/mol. The number of ether oxygens (including phenoxy) is 5. The third kappa shape index (κ3) is 6.33. The van der Waals surface area contributed by atoms with Crippen LogP contribution in [0, 0.1) is 0 Å². The van der Waals surface area contributed by atoms with Gasteiger partial charge in [-0.2, -0.15) is 0 Å². The lowest BCUT2D eigenvalue weighted by Gasteiger charge is -2.09. The summed E-state index contributed by atoms with van der Waals surface area (Å²) in [4.78, 5) is 10.9. The van der Waals surface area contributed by atoms with E-state index in [1.165, 1.54) is 6.26 Å². The minimum atomic E-state index is -0.525. The van der Waals surface area contributed by atoms with Gasteiger partial charge in [0.25, 0.3) is 0 Å². The van der Waals surface area contributed by atoms with Crippen molar-refractivity contribution in [1.82, 2.24) is 0 Å². The second-order valence-corrected chi connectivity index (χ2v) is 4.90. The maximum absolute atomic E-state index is 10.9. The lowest BCUT2D eigenvalue weighted by molar-refractivity contribution is -0.144. The van der Waals surface area contributed by atoms with Crippen LogP contribution >= 0.6 is 0 Å². The smallest absolute Gasteiger partial charge is 0.333 e. The van der Waals surface area contributed by atoms with Crippen molar-refractivity contribution in [2.75, 3.05) is 20.4 Å². The monoisotopic (exact) mass is 356 g/mol. The number of benzene rings is 2. The summed E-state index contributed by atoms with van der Waals surface area (Å²) in [6.45, 7) is 6.76. The van der Waals surface area contributed by atoms with Gasteiger partial charge in [-0.25, -0.2) is 4.79 Å². The van der Waals surface area contributed by atoms with Gasteiger partial charge in [-0.15, -0.1) is 0 Å². The molecule has 0 spiro atoms. The van der Waals surface area contributed by atoms with Crippen LogP contribution in [0.2, 0.25) is 0 Å². The van der Waals surface area contributed by atoms with Crippen LogP contribution in [0.25, 0.3) is 11.1 Å². The van der Waals surface area contributed by atoms with E-state index in [0.29, 0.717) is 11.5 Å². The molecule has 0 N–H and O–H groups in total. The Labute approximate surface area is 152 Å². The molecule has 2 aromatic rings. The molecule has 0 aliphatic heterocycles. The number of carbonyl (C=O) groups is 1. The highest BCUT2D eigenvalue weighted by Gasteiger charge is 2.01. The molecule has 0 aliphatic carbocycles. The first-order valence-corrected chi connectivity index (χ1v) is 7.78. The van der Waals surface area contributed by atoms with Crippen molar-refractivity contribution in [3.63, 3.8) is 0 Å². The summed E-state index contributed by atoms with van der Waals surface area (Å²) in [5.74, 6) is 0.767. The zero-order chi connectivity index (χ0) is 18.6. The van der Waals surface area contributed by atoms with E-state index in [4.69, 9.17) is 23.7 Å². The molecule has 0 fully saturated rings. The molecule has 0 heterocycles. The minimum Gasteiger partial charge on any atom is -0.476 e. The van der Waals surface area contributed by atoms with E-state index in [9.17, 15) is 4.79 Å². The zero-order valence-electron chi connectivity index (χ0n) is 14.3. The van der Waals surface area contributed by atoms with Gasteiger partial charge in [0, 0.05) is 6.08 Å². The van der Waals surface area contributed by atoms with Crippen LogP contribution in [0.4, 0.5) is 0 Å². The Morgan fingerprint density at radius 3 is 1.85 bits per heavy atom. The third-order valence-electron chi connectivity index (χ3n) is 3.21. The fourth-order valence-corrected chi connectivity index (χ4v) is 1.94. The molecule has 2 aromatic carbocycles. The van der Waals surface area contributed by atoms with Gasteiger partial charge in [-0.05, 0) is 35.4 Å². The second kappa shape index (κ2) is 10.6. The number of rotatable bonds is 11. The topological polar surface area (TPSA) is 63.2 Å². The van der Waals surface area contributed by atoms with Crippen molar-refractivity contribution < 1.29 is 28.5 Å². The Kier molecular flexibility index (Phi) is 7.76. The predicted octanol–water partition coefficient (Wildman–Crippen LogP) is 3.89. The van der Waals surface area contributed by atoms with Crippen molar-refractivity contribution in [3.05, 3.63) is 74.0 Å². The normalized spacial score (nSPS) is 9.85. The van der Waals surface area contributed by atoms with Crippen molar-refractivity contribution in [2.45, 2.75) is 0 Å². The van der Waals surface area contributed by atoms with E-state index < -0.39 is 5.97 Å². The lowest BCUT2D eigenvalue weighted by atomic mass is 10.1. The quantitative estimate of drug-likeness (QED) is 0.200. The average molecular weight is 356 g/mol. The van der Waals surface area contributed by atoms with Gasteiger partial charge in [-0.3, -0.25) is 0 Å². The summed E-state index contributed by atoms with van der Waals surface area (Å²) in [5.41, 5.74) is 2.04. The van der Waals surface area contributed by atoms with Gasteiger partial charge in [-0.1, -0.05) is 37.4 Å². The Morgan fingerprint density at radius 1 is 0.808 bits per heavy atom. The first-order chi connectivity index (χ1) is 12.7. The number of hydrogen-bond donors (Lipinski definition) is 0. The van der Waals surface area contributed by atoms with Gasteiger partial charge in [0.1, 0.15) is 11.5 Å². The number of esters is 1. The maximum atomic E-state index is 10.9. The summed E-state index contributed by atoms with van der Waals surface area (Å²) in [6.07, 6.45) is 2.39. The van der Waals surface area contributed by atoms with Crippen LogP contribution in [-0.2, 0) is 19.0 Å². The lowest BCUT2D eigenvalue weighted by Crippen LogP contribution is -2.07. The number of hydrogen-bond acceptors (Lipinski definition) is 6. The first kappa shape index (κ1) is 19.1. The van der Waals surface area contributed by atoms with Crippen LogP contribution in [-0.4, -0.2) is 26.3 Å². The van der Waals surface area contributed by atoms with E-state index in [1.807, 2.05) is 36.4 Å². The summed E-state index contributed by atoms with van der Waals surface area (Å²) in [7, 11) is 0. The van der Waals surface area contributed by atoms with E-state index in [2.05, 4.69) is 13.2 Å². The van der Waals surface area contributed by atoms with Crippen LogP contribution in [0.1, 0.15) is 0 Å². The molecule has 0 aliphatic rings. The molecule has 0 atom stereocenters. The second-order valence-electron chi connectivity index (χ2n) is 4.90. The summed E-state index contributed by atoms with van der Waals surface area (Å²) in [5, 5.41) is 0. The maximum Gasteiger partial charge on any atom is 0.333 e. The standard InChI is InChI=1S/C20H20O6/c1-3-20(21)26-15-25-19-11-7-17(8-12-19)16-5-9-18(10-6-16)24-14-23-13-22-4-2/h3-12H,1-2,13-15H2. The van der Waals surface area contributed by atoms with E-state index in [-0.39, 0.29) is 20.4 Å². The molecule has 0 radical (unpaired) electrons. The van der Waals surface area contributed by atoms with E-state index >= 15 is 0 Å². The van der Waals surface area contributed by atoms with Crippen molar-refractivity contribution in [3.8, 4) is 22.6 Å². The molecule has 6 heteroatoms. The Bertz CT molecular complexity index is 706. The molecule has 0 bridgehead atoms. The van der Waals surface area contributed by atoms with Crippen molar-refractivity contribution in [2.24, 2.45) is 0 Å². The van der Waals surface area contributed by atoms with E-state index in [0.717, 1.165) is 17.2 Å². The van der Waals surface area contributed by atoms with Gasteiger partial charge in [0.15, 0.2) is 13.6 Å². The Hall–Kier alpha value is -3.25. The minimum absolute atomic E-state index is 0.0929. The molecule has 6 nitrogen and oxygen atoms in total. The van der Waals surface area contributed by atoms with Crippen LogP contribution < -0.4 is 9.47 Å². The van der Waals surface area contributed by atoms with Gasteiger partial charge >= 0.3 is 5.97 Å². The third-order valence-corrected chi connectivity index (χ3v) is 3.21. The van der Waals surface area contributed by atoms with Gasteiger partial charge in [0.05, 0.1) is 6.26 Å². The molecule has 136 valence electrons. The molecular weight excluding hydrogens is 336 g/mol. The van der Waals surface area contributed by atoms with E-state index in [1.54, 1.807) is 12.1 Å². The molecule has 26 heavy (non-hydrogen) atoms. The number of carbonyl (C=O) groups excluding carboxylic acids is 1. The Balaban J connectivity index is 1.83. The SMILES string of the molecule is C=COCOCOc1ccc(-c2ccc(OCOC(=O)C=C)cc2)cc1. The zero-order valence-corrected chi connectivity index (χ0v) is 14.3. The van der Waals surface area contributed by atoms with Gasteiger partial charge < -0.3 is 23.7 Å². The highest BCUT2D eigenvalue weighted by Crippen LogP contribution is 2.24. The summed E-state index contributed by atoms with van der Waals surface area (Å²) < 4.78 is 25.4. The molecule has 2 rings (SSSR count). The largest absolute Gasteiger partial charge is 0.476 e. The van der Waals surface area contributed by atoms with Crippen LogP contribution in [0.3, 0.4) is 0 Å². The average Bonchev–Trinajstić information content (AvgIpc) is 2.69.